The number of carboxylic acid groups (broad SMARTS) is 1. The third-order valence-corrected chi connectivity index (χ3v) is 4.76. The summed E-state index contributed by atoms with van der Waals surface area (Å²) < 4.78 is 0.945. The van der Waals surface area contributed by atoms with E-state index in [0.717, 1.165) is 14.9 Å². The van der Waals surface area contributed by atoms with Crippen LogP contribution in [0.5, 0.6) is 0 Å². The van der Waals surface area contributed by atoms with Gasteiger partial charge in [-0.2, -0.15) is 0 Å². The van der Waals surface area contributed by atoms with Crippen molar-refractivity contribution in [3.63, 3.8) is 0 Å². The molecule has 0 saturated carbocycles. The Morgan fingerprint density at radius 1 is 1.21 bits per heavy atom. The van der Waals surface area contributed by atoms with Gasteiger partial charge in [0.1, 0.15) is 0 Å². The van der Waals surface area contributed by atoms with E-state index in [1.165, 1.54) is 11.8 Å². The minimum Gasteiger partial charge on any atom is -0.478 e. The Hall–Kier alpha value is -1.46. The van der Waals surface area contributed by atoms with E-state index in [9.17, 15) is 4.79 Å². The van der Waals surface area contributed by atoms with Crippen LogP contribution < -0.4 is 5.73 Å². The molecule has 19 heavy (non-hydrogen) atoms. The summed E-state index contributed by atoms with van der Waals surface area (Å²) in [5.41, 5.74) is 7.97. The molecule has 0 bridgehead atoms. The number of aromatic carboxylic acids is 1. The molecule has 0 aliphatic rings. The molecule has 0 aromatic heterocycles. The highest BCUT2D eigenvalue weighted by Gasteiger charge is 2.13. The van der Waals surface area contributed by atoms with Crippen LogP contribution in [-0.4, -0.2) is 11.1 Å². The molecule has 0 unspecified atom stereocenters. The minimum atomic E-state index is -0.935. The lowest BCUT2D eigenvalue weighted by atomic mass is 10.2. The molecular weight excluding hydrogens is 326 g/mol. The van der Waals surface area contributed by atoms with Crippen LogP contribution in [0.4, 0.5) is 5.69 Å². The second kappa shape index (κ2) is 5.67. The van der Waals surface area contributed by atoms with Crippen LogP contribution >= 0.6 is 27.7 Å². The van der Waals surface area contributed by atoms with E-state index in [-0.39, 0.29) is 5.56 Å². The van der Waals surface area contributed by atoms with Gasteiger partial charge in [-0.25, -0.2) is 4.79 Å². The Labute approximate surface area is 124 Å². The van der Waals surface area contributed by atoms with Gasteiger partial charge in [-0.1, -0.05) is 39.8 Å². The predicted molar refractivity (Wildman–Crippen MR) is 80.8 cm³/mol. The van der Waals surface area contributed by atoms with Gasteiger partial charge in [0.15, 0.2) is 0 Å². The highest BCUT2D eigenvalue weighted by molar-refractivity contribution is 9.10. The molecule has 0 spiro atoms. The lowest BCUT2D eigenvalue weighted by Gasteiger charge is -2.11. The number of halogens is 1. The summed E-state index contributed by atoms with van der Waals surface area (Å²) in [4.78, 5) is 12.7. The molecule has 2 rings (SSSR count). The van der Waals surface area contributed by atoms with E-state index in [1.54, 1.807) is 18.2 Å². The van der Waals surface area contributed by atoms with E-state index in [0.29, 0.717) is 10.6 Å². The normalized spacial score (nSPS) is 10.4. The maximum Gasteiger partial charge on any atom is 0.336 e. The van der Waals surface area contributed by atoms with Gasteiger partial charge in [0.2, 0.25) is 0 Å². The van der Waals surface area contributed by atoms with Gasteiger partial charge in [-0.3, -0.25) is 0 Å². The van der Waals surface area contributed by atoms with Crippen LogP contribution in [0.25, 0.3) is 0 Å². The molecular formula is C14H12BrNO2S. The smallest absolute Gasteiger partial charge is 0.336 e. The summed E-state index contributed by atoms with van der Waals surface area (Å²) in [5.74, 6) is -0.935. The zero-order chi connectivity index (χ0) is 14.0. The van der Waals surface area contributed by atoms with Crippen molar-refractivity contribution in [3.8, 4) is 0 Å². The van der Waals surface area contributed by atoms with Gasteiger partial charge in [0, 0.05) is 20.0 Å². The quantitative estimate of drug-likeness (QED) is 0.824. The lowest BCUT2D eigenvalue weighted by molar-refractivity contribution is 0.0693. The van der Waals surface area contributed by atoms with Crippen LogP contribution in [0.3, 0.4) is 0 Å². The van der Waals surface area contributed by atoms with Crippen molar-refractivity contribution in [1.82, 2.24) is 0 Å². The SMILES string of the molecule is Cc1c(Br)ccc(Sc2ccccc2C(=O)O)c1N. The highest BCUT2D eigenvalue weighted by Crippen LogP contribution is 2.37. The number of hydrogen-bond donors (Lipinski definition) is 2. The second-order valence-electron chi connectivity index (χ2n) is 3.99. The molecule has 5 heteroatoms. The number of rotatable bonds is 3. The Morgan fingerprint density at radius 3 is 2.58 bits per heavy atom. The molecule has 0 aliphatic heterocycles. The molecule has 0 aliphatic carbocycles. The van der Waals surface area contributed by atoms with Gasteiger partial charge >= 0.3 is 5.97 Å². The van der Waals surface area contributed by atoms with E-state index in [2.05, 4.69) is 15.9 Å². The minimum absolute atomic E-state index is 0.285. The van der Waals surface area contributed by atoms with Crippen molar-refractivity contribution >= 4 is 39.3 Å². The average molecular weight is 338 g/mol. The van der Waals surface area contributed by atoms with Gasteiger partial charge in [-0.05, 0) is 36.8 Å². The molecule has 0 atom stereocenters. The average Bonchev–Trinajstić information content (AvgIpc) is 2.40. The maximum absolute atomic E-state index is 11.2. The zero-order valence-electron chi connectivity index (χ0n) is 10.2. The molecule has 0 radical (unpaired) electrons. The van der Waals surface area contributed by atoms with Crippen molar-refractivity contribution in [3.05, 3.63) is 52.0 Å². The third kappa shape index (κ3) is 2.93. The van der Waals surface area contributed by atoms with Crippen LogP contribution in [-0.2, 0) is 0 Å². The standard InChI is InChI=1S/C14H12BrNO2S/c1-8-10(15)6-7-12(13(8)16)19-11-5-3-2-4-9(11)14(17)18/h2-7H,16H2,1H3,(H,17,18). The first kappa shape index (κ1) is 14.0. The van der Waals surface area contributed by atoms with Crippen LogP contribution in [0.1, 0.15) is 15.9 Å². The number of carboxylic acids is 1. The summed E-state index contributed by atoms with van der Waals surface area (Å²) >= 11 is 4.79. The first-order valence-electron chi connectivity index (χ1n) is 5.55. The van der Waals surface area contributed by atoms with E-state index >= 15 is 0 Å². The van der Waals surface area contributed by atoms with Crippen LogP contribution in [0.2, 0.25) is 0 Å². The molecule has 0 fully saturated rings. The van der Waals surface area contributed by atoms with Gasteiger partial charge in [0.05, 0.1) is 5.56 Å². The molecule has 0 amide bonds. The van der Waals surface area contributed by atoms with Crippen molar-refractivity contribution < 1.29 is 9.90 Å². The summed E-state index contributed by atoms with van der Waals surface area (Å²) in [5, 5.41) is 9.16. The maximum atomic E-state index is 11.2. The largest absolute Gasteiger partial charge is 0.478 e. The molecule has 2 aromatic carbocycles. The van der Waals surface area contributed by atoms with E-state index in [1.807, 2.05) is 25.1 Å². The zero-order valence-corrected chi connectivity index (χ0v) is 12.6. The molecule has 0 saturated heterocycles. The summed E-state index contributed by atoms with van der Waals surface area (Å²) in [7, 11) is 0. The number of carbonyl (C=O) groups is 1. The topological polar surface area (TPSA) is 63.3 Å². The molecule has 0 heterocycles. The lowest BCUT2D eigenvalue weighted by Crippen LogP contribution is -1.99. The van der Waals surface area contributed by atoms with Crippen molar-refractivity contribution in [1.29, 1.82) is 0 Å². The molecule has 3 nitrogen and oxygen atoms in total. The molecule has 3 N–H and O–H groups in total. The first-order chi connectivity index (χ1) is 9.00. The summed E-state index contributed by atoms with van der Waals surface area (Å²) in [6, 6.07) is 10.7. The number of hydrogen-bond acceptors (Lipinski definition) is 3. The van der Waals surface area contributed by atoms with Gasteiger partial charge in [-0.15, -0.1) is 0 Å². The Morgan fingerprint density at radius 2 is 1.89 bits per heavy atom. The van der Waals surface area contributed by atoms with Crippen molar-refractivity contribution in [2.24, 2.45) is 0 Å². The Bertz CT molecular complexity index is 643. The number of benzene rings is 2. The molecule has 2 aromatic rings. The fraction of sp³-hybridized carbons (Fsp3) is 0.0714. The van der Waals surface area contributed by atoms with Crippen molar-refractivity contribution in [2.45, 2.75) is 16.7 Å². The fourth-order valence-corrected chi connectivity index (χ4v) is 3.01. The predicted octanol–water partition coefficient (Wildman–Crippen LogP) is 4.19. The fourth-order valence-electron chi connectivity index (χ4n) is 1.62. The number of nitrogen functional groups attached to an aromatic ring is 1. The number of nitrogens with two attached hydrogens (primary N) is 1. The van der Waals surface area contributed by atoms with E-state index in [4.69, 9.17) is 10.8 Å². The summed E-state index contributed by atoms with van der Waals surface area (Å²) in [6.45, 7) is 1.92. The monoisotopic (exact) mass is 337 g/mol. The Kier molecular flexibility index (Phi) is 4.17. The van der Waals surface area contributed by atoms with Gasteiger partial charge < -0.3 is 10.8 Å². The van der Waals surface area contributed by atoms with Gasteiger partial charge in [0.25, 0.3) is 0 Å². The van der Waals surface area contributed by atoms with E-state index < -0.39 is 5.97 Å². The highest BCUT2D eigenvalue weighted by atomic mass is 79.9. The molecule has 98 valence electrons. The number of anilines is 1. The summed E-state index contributed by atoms with van der Waals surface area (Å²) in [6.07, 6.45) is 0. The first-order valence-corrected chi connectivity index (χ1v) is 7.16. The van der Waals surface area contributed by atoms with Crippen molar-refractivity contribution in [2.75, 3.05) is 5.73 Å². The second-order valence-corrected chi connectivity index (χ2v) is 5.93. The van der Waals surface area contributed by atoms with Crippen LogP contribution in [0, 0.1) is 6.92 Å². The Balaban J connectivity index is 2.42. The third-order valence-electron chi connectivity index (χ3n) is 2.75. The van der Waals surface area contributed by atoms with Crippen LogP contribution in [0.15, 0.2) is 50.7 Å².